The second kappa shape index (κ2) is 6.72. The van der Waals surface area contributed by atoms with E-state index in [-0.39, 0.29) is 12.0 Å². The molecular formula is C12H15Cl2NO2. The Bertz CT molecular complexity index is 376. The van der Waals surface area contributed by atoms with Crippen LogP contribution in [-0.4, -0.2) is 19.1 Å². The van der Waals surface area contributed by atoms with Gasteiger partial charge >= 0.3 is 5.97 Å². The summed E-state index contributed by atoms with van der Waals surface area (Å²) in [5.41, 5.74) is 0.804. The van der Waals surface area contributed by atoms with Crippen LogP contribution in [0.3, 0.4) is 0 Å². The van der Waals surface area contributed by atoms with Crippen LogP contribution in [0.5, 0.6) is 0 Å². The molecule has 1 atom stereocenters. The lowest BCUT2D eigenvalue weighted by Crippen LogP contribution is -2.23. The van der Waals surface area contributed by atoms with Crippen molar-refractivity contribution >= 4 is 34.9 Å². The van der Waals surface area contributed by atoms with Crippen molar-refractivity contribution < 1.29 is 9.53 Å². The van der Waals surface area contributed by atoms with E-state index in [4.69, 9.17) is 23.2 Å². The number of carbonyl (C=O) groups excluding carboxylic acids is 1. The molecule has 0 radical (unpaired) electrons. The third-order valence-corrected chi connectivity index (χ3v) is 2.80. The summed E-state index contributed by atoms with van der Waals surface area (Å²) >= 11 is 11.8. The third-order valence-electron chi connectivity index (χ3n) is 2.37. The van der Waals surface area contributed by atoms with Crippen LogP contribution in [-0.2, 0) is 9.53 Å². The molecule has 0 spiro atoms. The van der Waals surface area contributed by atoms with Crippen molar-refractivity contribution in [1.82, 2.24) is 0 Å². The summed E-state index contributed by atoms with van der Waals surface area (Å²) in [4.78, 5) is 11.2. The lowest BCUT2D eigenvalue weighted by atomic mass is 10.1. The number of nitrogens with one attached hydrogen (secondary N) is 1. The number of carbonyl (C=O) groups is 1. The van der Waals surface area contributed by atoms with E-state index in [2.05, 4.69) is 10.1 Å². The zero-order valence-electron chi connectivity index (χ0n) is 9.80. The minimum atomic E-state index is -0.238. The van der Waals surface area contributed by atoms with Crippen LogP contribution in [0, 0.1) is 0 Å². The Labute approximate surface area is 111 Å². The fraction of sp³-hybridized carbons (Fsp3) is 0.417. The Balaban J connectivity index is 2.70. The predicted molar refractivity (Wildman–Crippen MR) is 70.8 cm³/mol. The highest BCUT2D eigenvalue weighted by molar-refractivity contribution is 6.35. The number of esters is 1. The normalized spacial score (nSPS) is 12.0. The van der Waals surface area contributed by atoms with Gasteiger partial charge in [0.15, 0.2) is 0 Å². The van der Waals surface area contributed by atoms with Crippen LogP contribution < -0.4 is 5.32 Å². The quantitative estimate of drug-likeness (QED) is 0.832. The lowest BCUT2D eigenvalue weighted by Gasteiger charge is -2.17. The van der Waals surface area contributed by atoms with Crippen LogP contribution >= 0.6 is 23.2 Å². The third kappa shape index (κ3) is 4.84. The van der Waals surface area contributed by atoms with Crippen molar-refractivity contribution in [2.24, 2.45) is 0 Å². The van der Waals surface area contributed by atoms with Crippen molar-refractivity contribution in [2.75, 3.05) is 12.4 Å². The minimum Gasteiger partial charge on any atom is -0.469 e. The first-order chi connectivity index (χ1) is 8.05. The second-order valence-electron chi connectivity index (χ2n) is 3.69. The molecule has 1 N–H and O–H groups in total. The molecule has 17 heavy (non-hydrogen) atoms. The summed E-state index contributed by atoms with van der Waals surface area (Å²) in [6.07, 6.45) is 1.12. The topological polar surface area (TPSA) is 38.3 Å². The summed E-state index contributed by atoms with van der Waals surface area (Å²) < 4.78 is 4.64. The van der Waals surface area contributed by atoms with Crippen molar-refractivity contribution in [1.29, 1.82) is 0 Å². The second-order valence-corrected chi connectivity index (χ2v) is 4.56. The fourth-order valence-electron chi connectivity index (χ4n) is 1.45. The molecular weight excluding hydrogens is 261 g/mol. The Morgan fingerprint density at radius 3 is 2.41 bits per heavy atom. The smallest absolute Gasteiger partial charge is 0.307 e. The number of rotatable bonds is 5. The number of benzene rings is 1. The van der Waals surface area contributed by atoms with Gasteiger partial charge in [-0.3, -0.25) is 4.79 Å². The van der Waals surface area contributed by atoms with Crippen molar-refractivity contribution in [2.45, 2.75) is 25.8 Å². The van der Waals surface area contributed by atoms with Gasteiger partial charge < -0.3 is 10.1 Å². The van der Waals surface area contributed by atoms with E-state index in [1.807, 2.05) is 6.92 Å². The van der Waals surface area contributed by atoms with Gasteiger partial charge in [0.25, 0.3) is 0 Å². The van der Waals surface area contributed by atoms with Gasteiger partial charge in [-0.05, 0) is 24.6 Å². The lowest BCUT2D eigenvalue weighted by molar-refractivity contribution is -0.140. The van der Waals surface area contributed by atoms with Gasteiger partial charge in [0.05, 0.1) is 13.5 Å². The van der Waals surface area contributed by atoms with Gasteiger partial charge in [-0.2, -0.15) is 0 Å². The maximum Gasteiger partial charge on any atom is 0.307 e. The van der Waals surface area contributed by atoms with Crippen LogP contribution in [0.25, 0.3) is 0 Å². The highest BCUT2D eigenvalue weighted by Crippen LogP contribution is 2.23. The first kappa shape index (κ1) is 14.1. The molecule has 1 rings (SSSR count). The average molecular weight is 276 g/mol. The maximum absolute atomic E-state index is 11.2. The molecule has 0 bridgehead atoms. The Morgan fingerprint density at radius 2 is 1.94 bits per heavy atom. The highest BCUT2D eigenvalue weighted by atomic mass is 35.5. The van der Waals surface area contributed by atoms with Gasteiger partial charge in [0, 0.05) is 21.8 Å². The number of methoxy groups -OCH3 is 1. The Kier molecular flexibility index (Phi) is 5.59. The molecule has 0 aliphatic rings. The largest absolute Gasteiger partial charge is 0.469 e. The molecule has 1 aromatic rings. The molecule has 0 unspecified atom stereocenters. The fourth-order valence-corrected chi connectivity index (χ4v) is 1.98. The number of halogens is 2. The Morgan fingerprint density at radius 1 is 1.35 bits per heavy atom. The standard InChI is InChI=1S/C12H15Cl2NO2/c1-3-10(7-12(16)17-2)15-11-5-8(13)4-9(14)6-11/h4-6,10,15H,3,7H2,1-2H3/t10-/m1/s1. The summed E-state index contributed by atoms with van der Waals surface area (Å²) in [7, 11) is 1.38. The van der Waals surface area contributed by atoms with Gasteiger partial charge in [-0.15, -0.1) is 0 Å². The minimum absolute atomic E-state index is 0.0111. The molecule has 0 saturated heterocycles. The molecule has 0 aliphatic heterocycles. The number of hydrogen-bond donors (Lipinski definition) is 1. The van der Waals surface area contributed by atoms with E-state index >= 15 is 0 Å². The first-order valence-electron chi connectivity index (χ1n) is 5.34. The van der Waals surface area contributed by atoms with E-state index in [0.29, 0.717) is 16.5 Å². The first-order valence-corrected chi connectivity index (χ1v) is 6.10. The van der Waals surface area contributed by atoms with Gasteiger partial charge in [0.2, 0.25) is 0 Å². The molecule has 1 aromatic carbocycles. The van der Waals surface area contributed by atoms with Gasteiger partial charge in [-0.1, -0.05) is 30.1 Å². The summed E-state index contributed by atoms with van der Waals surface area (Å²) in [5.74, 6) is -0.238. The molecule has 3 nitrogen and oxygen atoms in total. The molecule has 0 heterocycles. The number of hydrogen-bond acceptors (Lipinski definition) is 3. The highest BCUT2D eigenvalue weighted by Gasteiger charge is 2.12. The molecule has 5 heteroatoms. The zero-order valence-corrected chi connectivity index (χ0v) is 11.3. The monoisotopic (exact) mass is 275 g/mol. The van der Waals surface area contributed by atoms with Crippen LogP contribution in [0.1, 0.15) is 19.8 Å². The molecule has 0 fully saturated rings. The summed E-state index contributed by atoms with van der Waals surface area (Å²) in [6.45, 7) is 1.99. The van der Waals surface area contributed by atoms with Crippen molar-refractivity contribution in [3.05, 3.63) is 28.2 Å². The zero-order chi connectivity index (χ0) is 12.8. The maximum atomic E-state index is 11.2. The molecule has 0 amide bonds. The summed E-state index contributed by atoms with van der Waals surface area (Å²) in [5, 5.41) is 4.33. The molecule has 94 valence electrons. The SMILES string of the molecule is CC[C@H](CC(=O)OC)Nc1cc(Cl)cc(Cl)c1. The average Bonchev–Trinajstić information content (AvgIpc) is 2.26. The predicted octanol–water partition coefficient (Wildman–Crippen LogP) is 3.75. The van der Waals surface area contributed by atoms with Crippen LogP contribution in [0.2, 0.25) is 10.0 Å². The number of anilines is 1. The molecule has 0 aliphatic carbocycles. The van der Waals surface area contributed by atoms with E-state index in [1.54, 1.807) is 18.2 Å². The van der Waals surface area contributed by atoms with Gasteiger partial charge in [-0.25, -0.2) is 0 Å². The van der Waals surface area contributed by atoms with E-state index in [9.17, 15) is 4.79 Å². The van der Waals surface area contributed by atoms with Crippen LogP contribution in [0.4, 0.5) is 5.69 Å². The summed E-state index contributed by atoms with van der Waals surface area (Å²) in [6, 6.07) is 5.22. The Hall–Kier alpha value is -0.930. The van der Waals surface area contributed by atoms with E-state index in [1.165, 1.54) is 7.11 Å². The van der Waals surface area contributed by atoms with Gasteiger partial charge in [0.1, 0.15) is 0 Å². The van der Waals surface area contributed by atoms with E-state index in [0.717, 1.165) is 12.1 Å². The number of ether oxygens (including phenoxy) is 1. The molecule has 0 aromatic heterocycles. The van der Waals surface area contributed by atoms with Crippen molar-refractivity contribution in [3.8, 4) is 0 Å². The molecule has 0 saturated carbocycles. The van der Waals surface area contributed by atoms with Crippen molar-refractivity contribution in [3.63, 3.8) is 0 Å². The van der Waals surface area contributed by atoms with E-state index < -0.39 is 0 Å². The van der Waals surface area contributed by atoms with Crippen LogP contribution in [0.15, 0.2) is 18.2 Å².